The van der Waals surface area contributed by atoms with Gasteiger partial charge in [0.25, 0.3) is 0 Å². The molecule has 2 saturated heterocycles. The Morgan fingerprint density at radius 1 is 1.17 bits per heavy atom. The topological polar surface area (TPSA) is 97.1 Å². The number of piperidine rings is 1. The molecule has 2 N–H and O–H groups in total. The van der Waals surface area contributed by atoms with Crippen molar-refractivity contribution in [1.82, 2.24) is 20.2 Å². The van der Waals surface area contributed by atoms with Crippen LogP contribution in [-0.4, -0.2) is 86.0 Å². The summed E-state index contributed by atoms with van der Waals surface area (Å²) < 4.78 is 17.2. The normalized spacial score (nSPS) is 22.8. The average Bonchev–Trinajstić information content (AvgIpc) is 2.79. The largest absolute Gasteiger partial charge is 0.486 e. The first-order valence-electron chi connectivity index (χ1n) is 10.7. The van der Waals surface area contributed by atoms with Crippen molar-refractivity contribution in [2.45, 2.75) is 18.9 Å². The van der Waals surface area contributed by atoms with E-state index in [-0.39, 0.29) is 12.1 Å². The summed E-state index contributed by atoms with van der Waals surface area (Å²) in [5.74, 6) is 2.18. The Labute approximate surface area is 177 Å². The molecule has 1 aromatic rings. The van der Waals surface area contributed by atoms with Gasteiger partial charge in [0.05, 0.1) is 13.2 Å². The third-order valence-electron chi connectivity index (χ3n) is 5.84. The molecule has 0 bridgehead atoms. The molecule has 0 amide bonds. The summed E-state index contributed by atoms with van der Waals surface area (Å²) in [6, 6.07) is 7.80. The fourth-order valence-corrected chi connectivity index (χ4v) is 4.12. The molecular formula is C21H30N6O3. The van der Waals surface area contributed by atoms with Crippen molar-refractivity contribution in [2.75, 3.05) is 59.1 Å². The van der Waals surface area contributed by atoms with Crippen LogP contribution < -0.4 is 14.9 Å². The zero-order chi connectivity index (χ0) is 20.8. The maximum absolute atomic E-state index is 9.52. The van der Waals surface area contributed by atoms with Crippen LogP contribution in [0.4, 0.5) is 0 Å². The molecule has 9 nitrogen and oxygen atoms in total. The summed E-state index contributed by atoms with van der Waals surface area (Å²) in [5, 5.41) is 19.7. The highest BCUT2D eigenvalue weighted by Gasteiger charge is 2.27. The van der Waals surface area contributed by atoms with Gasteiger partial charge in [0.2, 0.25) is 5.96 Å². The van der Waals surface area contributed by atoms with Gasteiger partial charge in [-0.25, -0.2) is 9.91 Å². The Hall–Kier alpha value is -2.54. The zero-order valence-electron chi connectivity index (χ0n) is 17.3. The molecule has 0 aromatic heterocycles. The Morgan fingerprint density at radius 3 is 2.63 bits per heavy atom. The molecule has 0 aliphatic carbocycles. The van der Waals surface area contributed by atoms with Gasteiger partial charge in [-0.2, -0.15) is 5.26 Å². The van der Waals surface area contributed by atoms with Gasteiger partial charge in [-0.15, -0.1) is 0 Å². The molecule has 30 heavy (non-hydrogen) atoms. The lowest BCUT2D eigenvalue weighted by Gasteiger charge is -2.36. The van der Waals surface area contributed by atoms with Crippen LogP contribution in [0.3, 0.4) is 0 Å². The molecule has 0 saturated carbocycles. The highest BCUT2D eigenvalue weighted by molar-refractivity contribution is 5.77. The quantitative estimate of drug-likeness (QED) is 0.320. The Morgan fingerprint density at radius 2 is 1.90 bits per heavy atom. The van der Waals surface area contributed by atoms with Crippen molar-refractivity contribution in [3.05, 3.63) is 24.3 Å². The lowest BCUT2D eigenvalue weighted by Crippen LogP contribution is -2.53. The van der Waals surface area contributed by atoms with Crippen LogP contribution in [0.5, 0.6) is 11.5 Å². The molecule has 1 atom stereocenters. The molecule has 3 aliphatic heterocycles. The Bertz CT molecular complexity index is 755. The van der Waals surface area contributed by atoms with Gasteiger partial charge in [0, 0.05) is 26.2 Å². The van der Waals surface area contributed by atoms with Crippen molar-refractivity contribution in [2.24, 2.45) is 5.92 Å². The molecule has 4 rings (SSSR count). The number of fused-ring (bicyclic) bond motifs is 1. The summed E-state index contributed by atoms with van der Waals surface area (Å²) in [6.07, 6.45) is 4.22. The van der Waals surface area contributed by atoms with E-state index >= 15 is 0 Å². The van der Waals surface area contributed by atoms with Gasteiger partial charge in [-0.3, -0.25) is 15.7 Å². The lowest BCUT2D eigenvalue weighted by atomic mass is 9.96. The third-order valence-corrected chi connectivity index (χ3v) is 5.84. The number of nitrogens with zero attached hydrogens (tertiary/aromatic N) is 4. The molecule has 1 aromatic carbocycles. The predicted molar refractivity (Wildman–Crippen MR) is 111 cm³/mol. The first-order chi connectivity index (χ1) is 14.7. The van der Waals surface area contributed by atoms with E-state index in [0.29, 0.717) is 32.3 Å². The highest BCUT2D eigenvalue weighted by Crippen LogP contribution is 2.31. The van der Waals surface area contributed by atoms with Gasteiger partial charge in [-0.05, 0) is 44.0 Å². The minimum Gasteiger partial charge on any atom is -0.486 e. The third kappa shape index (κ3) is 5.33. The van der Waals surface area contributed by atoms with Crippen LogP contribution in [-0.2, 0) is 4.74 Å². The number of benzene rings is 1. The van der Waals surface area contributed by atoms with E-state index in [2.05, 4.69) is 16.5 Å². The van der Waals surface area contributed by atoms with E-state index in [9.17, 15) is 5.26 Å². The maximum Gasteiger partial charge on any atom is 0.219 e. The van der Waals surface area contributed by atoms with E-state index in [0.717, 1.165) is 57.1 Å². The first-order valence-corrected chi connectivity index (χ1v) is 10.7. The number of para-hydroxylation sites is 2. The van der Waals surface area contributed by atoms with Crippen LogP contribution in [0.1, 0.15) is 12.8 Å². The summed E-state index contributed by atoms with van der Waals surface area (Å²) in [4.78, 5) is 3.87. The lowest BCUT2D eigenvalue weighted by molar-refractivity contribution is 0.0226. The van der Waals surface area contributed by atoms with Crippen LogP contribution in [0.25, 0.3) is 0 Å². The first kappa shape index (κ1) is 20.7. The van der Waals surface area contributed by atoms with E-state index < -0.39 is 0 Å². The zero-order valence-corrected chi connectivity index (χ0v) is 17.3. The van der Waals surface area contributed by atoms with Gasteiger partial charge in [-0.1, -0.05) is 12.1 Å². The molecular weight excluding hydrogens is 384 g/mol. The van der Waals surface area contributed by atoms with Crippen LogP contribution in [0.2, 0.25) is 0 Å². The number of hydrogen-bond acceptors (Lipinski definition) is 7. The van der Waals surface area contributed by atoms with Crippen molar-refractivity contribution in [3.63, 3.8) is 0 Å². The summed E-state index contributed by atoms with van der Waals surface area (Å²) >= 11 is 0. The molecule has 2 fully saturated rings. The Kier molecular flexibility index (Phi) is 6.89. The summed E-state index contributed by atoms with van der Waals surface area (Å²) in [5.41, 5.74) is 3.03. The van der Waals surface area contributed by atoms with Gasteiger partial charge < -0.3 is 14.2 Å². The van der Waals surface area contributed by atoms with Gasteiger partial charge in [0.1, 0.15) is 12.7 Å². The predicted octanol–water partition coefficient (Wildman–Crippen LogP) is 1.09. The van der Waals surface area contributed by atoms with Crippen molar-refractivity contribution >= 4 is 5.96 Å². The van der Waals surface area contributed by atoms with E-state index in [4.69, 9.17) is 19.6 Å². The number of likely N-dealkylation sites (tertiary alicyclic amines) is 1. The minimum absolute atomic E-state index is 0.0398. The molecule has 0 spiro atoms. The molecule has 3 heterocycles. The standard InChI is InChI=1S/C21H30N6O3/c22-16-26(21(23)24-27-9-11-28-12-10-27)13-17-5-7-25(8-6-17)14-18-15-29-19-3-1-2-4-20(19)30-18/h1-4,17-18H,5-15H2,(H2,23,24). The molecule has 9 heteroatoms. The number of rotatable bonds is 5. The molecule has 3 aliphatic rings. The maximum atomic E-state index is 9.52. The molecule has 162 valence electrons. The van der Waals surface area contributed by atoms with Gasteiger partial charge >= 0.3 is 0 Å². The average molecular weight is 415 g/mol. The van der Waals surface area contributed by atoms with Crippen LogP contribution in [0.15, 0.2) is 24.3 Å². The van der Waals surface area contributed by atoms with E-state index in [1.165, 1.54) is 4.90 Å². The number of hydrazine groups is 1. The van der Waals surface area contributed by atoms with Crippen LogP contribution >= 0.6 is 0 Å². The Balaban J connectivity index is 1.19. The number of guanidine groups is 1. The number of ether oxygens (including phenoxy) is 3. The molecule has 1 unspecified atom stereocenters. The second-order valence-corrected chi connectivity index (χ2v) is 8.01. The number of nitrogens with one attached hydrogen (secondary N) is 2. The minimum atomic E-state index is 0.0398. The number of nitriles is 1. The highest BCUT2D eigenvalue weighted by atomic mass is 16.6. The second kappa shape index (κ2) is 9.98. The van der Waals surface area contributed by atoms with E-state index in [1.807, 2.05) is 29.3 Å². The fourth-order valence-electron chi connectivity index (χ4n) is 4.12. The van der Waals surface area contributed by atoms with Crippen molar-refractivity contribution in [3.8, 4) is 17.7 Å². The van der Waals surface area contributed by atoms with Crippen molar-refractivity contribution < 1.29 is 14.2 Å². The monoisotopic (exact) mass is 414 g/mol. The van der Waals surface area contributed by atoms with Gasteiger partial charge in [0.15, 0.2) is 17.7 Å². The fraction of sp³-hybridized carbons (Fsp3) is 0.619. The second-order valence-electron chi connectivity index (χ2n) is 8.01. The van der Waals surface area contributed by atoms with E-state index in [1.54, 1.807) is 0 Å². The molecule has 0 radical (unpaired) electrons. The number of hydrogen-bond donors (Lipinski definition) is 2. The number of morpholine rings is 1. The van der Waals surface area contributed by atoms with Crippen LogP contribution in [0, 0.1) is 22.8 Å². The smallest absolute Gasteiger partial charge is 0.219 e. The summed E-state index contributed by atoms with van der Waals surface area (Å²) in [7, 11) is 0. The van der Waals surface area contributed by atoms with Crippen molar-refractivity contribution in [1.29, 1.82) is 10.7 Å². The summed E-state index contributed by atoms with van der Waals surface area (Å²) in [6.45, 7) is 6.66. The SMILES string of the molecule is N#CN(CC1CCN(CC2COc3ccccc3O2)CC1)C(=N)NN1CCOCC1.